The number of ether oxygens (including phenoxy) is 1. The fraction of sp³-hybridized carbons (Fsp3) is 0.0714. The smallest absolute Gasteiger partial charge is 0.257 e. The Morgan fingerprint density at radius 1 is 1.30 bits per heavy atom. The Morgan fingerprint density at radius 3 is 2.75 bits per heavy atom. The molecule has 0 aliphatic rings. The van der Waals surface area contributed by atoms with Crippen LogP contribution in [0.4, 0.5) is 5.69 Å². The molecule has 0 heterocycles. The van der Waals surface area contributed by atoms with Crippen molar-refractivity contribution in [3.05, 3.63) is 51.5 Å². The van der Waals surface area contributed by atoms with Gasteiger partial charge in [-0.15, -0.1) is 0 Å². The highest BCUT2D eigenvalue weighted by atomic mass is 79.9. The van der Waals surface area contributed by atoms with E-state index in [0.29, 0.717) is 11.4 Å². The second kappa shape index (κ2) is 6.15. The quantitative estimate of drug-likeness (QED) is 0.871. The predicted octanol–water partition coefficient (Wildman–Crippen LogP) is 4.07. The lowest BCUT2D eigenvalue weighted by molar-refractivity contribution is 0.102. The molecule has 0 unspecified atom stereocenters. The summed E-state index contributed by atoms with van der Waals surface area (Å²) in [7, 11) is 1.54. The third-order valence-electron chi connectivity index (χ3n) is 2.60. The maximum absolute atomic E-state index is 12.1. The van der Waals surface area contributed by atoms with E-state index in [9.17, 15) is 9.90 Å². The minimum absolute atomic E-state index is 0.0204. The van der Waals surface area contributed by atoms with E-state index in [1.54, 1.807) is 18.2 Å². The van der Waals surface area contributed by atoms with Crippen molar-refractivity contribution in [1.82, 2.24) is 0 Å². The molecule has 0 saturated heterocycles. The highest BCUT2D eigenvalue weighted by Gasteiger charge is 2.12. The van der Waals surface area contributed by atoms with Gasteiger partial charge in [0.15, 0.2) is 0 Å². The Bertz CT molecular complexity index is 661. The number of phenolic OH excluding ortho intramolecular Hbond substituents is 1. The minimum atomic E-state index is -0.407. The number of nitrogens with one attached hydrogen (secondary N) is 1. The SMILES string of the molecule is COc1cc(NC(=O)c2cc(O)ccc2Cl)ccc1Br. The Labute approximate surface area is 129 Å². The summed E-state index contributed by atoms with van der Waals surface area (Å²) in [5.41, 5.74) is 0.767. The Morgan fingerprint density at radius 2 is 2.05 bits per heavy atom. The lowest BCUT2D eigenvalue weighted by Gasteiger charge is -2.09. The van der Waals surface area contributed by atoms with Gasteiger partial charge in [-0.25, -0.2) is 0 Å². The van der Waals surface area contributed by atoms with Gasteiger partial charge in [-0.1, -0.05) is 11.6 Å². The number of hydrogen-bond acceptors (Lipinski definition) is 3. The van der Waals surface area contributed by atoms with Crippen molar-refractivity contribution in [2.45, 2.75) is 0 Å². The molecule has 2 N–H and O–H groups in total. The Kier molecular flexibility index (Phi) is 4.52. The van der Waals surface area contributed by atoms with E-state index < -0.39 is 5.91 Å². The average Bonchev–Trinajstić information content (AvgIpc) is 2.43. The molecule has 2 aromatic carbocycles. The zero-order valence-electron chi connectivity index (χ0n) is 10.5. The number of anilines is 1. The van der Waals surface area contributed by atoms with E-state index in [1.165, 1.54) is 25.3 Å². The van der Waals surface area contributed by atoms with Crippen LogP contribution < -0.4 is 10.1 Å². The van der Waals surface area contributed by atoms with Crippen LogP contribution in [-0.2, 0) is 0 Å². The van der Waals surface area contributed by atoms with Gasteiger partial charge in [-0.3, -0.25) is 4.79 Å². The molecular formula is C14H11BrClNO3. The van der Waals surface area contributed by atoms with Crippen LogP contribution in [0.1, 0.15) is 10.4 Å². The number of methoxy groups -OCH3 is 1. The van der Waals surface area contributed by atoms with Gasteiger partial charge >= 0.3 is 0 Å². The highest BCUT2D eigenvalue weighted by Crippen LogP contribution is 2.28. The first-order chi connectivity index (χ1) is 9.51. The molecule has 0 spiro atoms. The third-order valence-corrected chi connectivity index (χ3v) is 3.59. The van der Waals surface area contributed by atoms with Crippen molar-refractivity contribution >= 4 is 39.1 Å². The lowest BCUT2D eigenvalue weighted by atomic mass is 10.2. The van der Waals surface area contributed by atoms with Gasteiger partial charge in [-0.2, -0.15) is 0 Å². The number of carbonyl (C=O) groups is 1. The molecule has 0 fully saturated rings. The second-order valence-corrected chi connectivity index (χ2v) is 5.23. The normalized spacial score (nSPS) is 10.2. The molecule has 6 heteroatoms. The first-order valence-corrected chi connectivity index (χ1v) is 6.82. The average molecular weight is 357 g/mol. The van der Waals surface area contributed by atoms with E-state index >= 15 is 0 Å². The number of amides is 1. The van der Waals surface area contributed by atoms with Crippen molar-refractivity contribution in [2.24, 2.45) is 0 Å². The van der Waals surface area contributed by atoms with Crippen LogP contribution in [-0.4, -0.2) is 18.1 Å². The van der Waals surface area contributed by atoms with Gasteiger partial charge < -0.3 is 15.2 Å². The van der Waals surface area contributed by atoms with Crippen LogP contribution in [0.25, 0.3) is 0 Å². The monoisotopic (exact) mass is 355 g/mol. The van der Waals surface area contributed by atoms with E-state index in [0.717, 1.165) is 4.47 Å². The summed E-state index contributed by atoms with van der Waals surface area (Å²) >= 11 is 9.27. The number of phenols is 1. The van der Waals surface area contributed by atoms with Crippen LogP contribution in [0, 0.1) is 0 Å². The van der Waals surface area contributed by atoms with Crippen LogP contribution in [0.15, 0.2) is 40.9 Å². The molecule has 0 aromatic heterocycles. The van der Waals surface area contributed by atoms with Gasteiger partial charge in [0.25, 0.3) is 5.91 Å². The molecule has 2 aromatic rings. The summed E-state index contributed by atoms with van der Waals surface area (Å²) in [6, 6.07) is 9.36. The van der Waals surface area contributed by atoms with Gasteiger partial charge in [0, 0.05) is 11.8 Å². The topological polar surface area (TPSA) is 58.6 Å². The molecule has 1 amide bonds. The number of carbonyl (C=O) groups excluding carboxylic acids is 1. The molecule has 20 heavy (non-hydrogen) atoms. The number of halogens is 2. The van der Waals surface area contributed by atoms with E-state index in [-0.39, 0.29) is 16.3 Å². The van der Waals surface area contributed by atoms with Crippen molar-refractivity contribution in [1.29, 1.82) is 0 Å². The molecule has 0 atom stereocenters. The molecule has 0 aliphatic heterocycles. The fourth-order valence-electron chi connectivity index (χ4n) is 1.62. The summed E-state index contributed by atoms with van der Waals surface area (Å²) in [5.74, 6) is 0.174. The number of rotatable bonds is 3. The number of benzene rings is 2. The van der Waals surface area contributed by atoms with Crippen LogP contribution in [0.2, 0.25) is 5.02 Å². The molecular weight excluding hydrogens is 346 g/mol. The van der Waals surface area contributed by atoms with Crippen molar-refractivity contribution in [3.8, 4) is 11.5 Å². The third kappa shape index (κ3) is 3.23. The van der Waals surface area contributed by atoms with E-state index in [1.807, 2.05) is 0 Å². The largest absolute Gasteiger partial charge is 0.508 e. The van der Waals surface area contributed by atoms with E-state index in [2.05, 4.69) is 21.2 Å². The molecule has 0 aliphatic carbocycles. The first-order valence-electron chi connectivity index (χ1n) is 5.64. The van der Waals surface area contributed by atoms with E-state index in [4.69, 9.17) is 16.3 Å². The number of hydrogen-bond donors (Lipinski definition) is 2. The van der Waals surface area contributed by atoms with Crippen molar-refractivity contribution < 1.29 is 14.6 Å². The minimum Gasteiger partial charge on any atom is -0.508 e. The molecule has 0 bridgehead atoms. The molecule has 0 saturated carbocycles. The molecule has 4 nitrogen and oxygen atoms in total. The number of aromatic hydroxyl groups is 1. The zero-order chi connectivity index (χ0) is 14.7. The van der Waals surface area contributed by atoms with Crippen molar-refractivity contribution in [2.75, 3.05) is 12.4 Å². The molecule has 0 radical (unpaired) electrons. The van der Waals surface area contributed by atoms with Gasteiger partial charge in [-0.05, 0) is 46.3 Å². The summed E-state index contributed by atoms with van der Waals surface area (Å²) in [5, 5.41) is 12.4. The van der Waals surface area contributed by atoms with Gasteiger partial charge in [0.1, 0.15) is 11.5 Å². The van der Waals surface area contributed by atoms with Crippen LogP contribution in [0.3, 0.4) is 0 Å². The van der Waals surface area contributed by atoms with Crippen LogP contribution >= 0.6 is 27.5 Å². The summed E-state index contributed by atoms with van der Waals surface area (Å²) in [4.78, 5) is 12.1. The van der Waals surface area contributed by atoms with Gasteiger partial charge in [0.05, 0.1) is 22.2 Å². The lowest BCUT2D eigenvalue weighted by Crippen LogP contribution is -2.12. The van der Waals surface area contributed by atoms with Crippen LogP contribution in [0.5, 0.6) is 11.5 Å². The summed E-state index contributed by atoms with van der Waals surface area (Å²) in [6.07, 6.45) is 0. The Hall–Kier alpha value is -1.72. The summed E-state index contributed by atoms with van der Waals surface area (Å²) in [6.45, 7) is 0. The fourth-order valence-corrected chi connectivity index (χ4v) is 2.24. The first kappa shape index (κ1) is 14.7. The predicted molar refractivity (Wildman–Crippen MR) is 81.8 cm³/mol. The Balaban J connectivity index is 2.25. The van der Waals surface area contributed by atoms with Gasteiger partial charge in [0.2, 0.25) is 0 Å². The standard InChI is InChI=1S/C14H11BrClNO3/c1-20-13-6-8(2-4-11(13)15)17-14(19)10-7-9(18)3-5-12(10)16/h2-7,18H,1H3,(H,17,19). The highest BCUT2D eigenvalue weighted by molar-refractivity contribution is 9.10. The second-order valence-electron chi connectivity index (χ2n) is 3.97. The zero-order valence-corrected chi connectivity index (χ0v) is 12.8. The molecule has 104 valence electrons. The van der Waals surface area contributed by atoms with Crippen molar-refractivity contribution in [3.63, 3.8) is 0 Å². The maximum Gasteiger partial charge on any atom is 0.257 e. The maximum atomic E-state index is 12.1. The summed E-state index contributed by atoms with van der Waals surface area (Å²) < 4.78 is 5.94. The molecule has 2 rings (SSSR count).